The van der Waals surface area contributed by atoms with Crippen molar-refractivity contribution in [2.75, 3.05) is 13.9 Å². The van der Waals surface area contributed by atoms with Gasteiger partial charge >= 0.3 is 0 Å². The highest BCUT2D eigenvalue weighted by molar-refractivity contribution is 7.98. The van der Waals surface area contributed by atoms with Gasteiger partial charge in [0.15, 0.2) is 6.79 Å². The second kappa shape index (κ2) is 16.0. The highest BCUT2D eigenvalue weighted by Gasteiger charge is 2.41. The molecule has 0 N–H and O–H groups in total. The van der Waals surface area contributed by atoms with Crippen molar-refractivity contribution in [3.05, 3.63) is 93.6 Å². The second-order valence-electron chi connectivity index (χ2n) is 15.3. The van der Waals surface area contributed by atoms with E-state index in [-0.39, 0.29) is 35.3 Å². The molecule has 272 valence electrons. The van der Waals surface area contributed by atoms with Crippen LogP contribution in [0.15, 0.2) is 59.9 Å². The van der Waals surface area contributed by atoms with Gasteiger partial charge < -0.3 is 14.0 Å². The van der Waals surface area contributed by atoms with Crippen LogP contribution in [0.2, 0.25) is 21.8 Å². The van der Waals surface area contributed by atoms with E-state index in [0.29, 0.717) is 55.1 Å². The van der Waals surface area contributed by atoms with Gasteiger partial charge in [0.25, 0.3) is 0 Å². The Kier molecular flexibility index (Phi) is 12.1. The van der Waals surface area contributed by atoms with Crippen molar-refractivity contribution in [2.45, 2.75) is 102 Å². The predicted octanol–water partition coefficient (Wildman–Crippen LogP) is 11.4. The third kappa shape index (κ3) is 7.89. The van der Waals surface area contributed by atoms with Crippen LogP contribution in [0.5, 0.6) is 5.75 Å². The number of thioether (sulfide) groups is 1. The number of pyridine rings is 1. The summed E-state index contributed by atoms with van der Waals surface area (Å²) in [5, 5.41) is 12.5. The van der Waals surface area contributed by atoms with Gasteiger partial charge in [0.05, 0.1) is 17.4 Å². The highest BCUT2D eigenvalue weighted by Crippen LogP contribution is 2.41. The molecule has 0 atom stereocenters. The van der Waals surface area contributed by atoms with Crippen molar-refractivity contribution in [3.63, 3.8) is 0 Å². The monoisotopic (exact) mass is 754 g/mol. The Balaban J connectivity index is 1.65. The van der Waals surface area contributed by atoms with Crippen molar-refractivity contribution in [1.82, 2.24) is 14.5 Å². The van der Waals surface area contributed by atoms with Crippen LogP contribution in [0.3, 0.4) is 0 Å². The summed E-state index contributed by atoms with van der Waals surface area (Å²) < 4.78 is 29.0. The number of imidazole rings is 1. The molecule has 0 spiro atoms. The van der Waals surface area contributed by atoms with Gasteiger partial charge in [0.2, 0.25) is 0 Å². The molecule has 6 nitrogen and oxygen atoms in total. The Hall–Kier alpha value is -3.86. The molecule has 52 heavy (non-hydrogen) atoms. The van der Waals surface area contributed by atoms with Gasteiger partial charge in [-0.25, -0.2) is 14.4 Å². The minimum Gasteiger partial charge on any atom is -0.468 e. The molecule has 5 rings (SSSR count). The van der Waals surface area contributed by atoms with E-state index in [1.807, 2.05) is 16.7 Å². The molecule has 10 heteroatoms. The molecule has 0 aliphatic rings. The molecular weight excluding hydrogens is 707 g/mol. The van der Waals surface area contributed by atoms with Gasteiger partial charge in [-0.1, -0.05) is 122 Å². The van der Waals surface area contributed by atoms with E-state index >= 15 is 4.39 Å². The van der Waals surface area contributed by atoms with Crippen molar-refractivity contribution in [3.8, 4) is 23.3 Å². The first-order chi connectivity index (χ1) is 24.6. The summed E-state index contributed by atoms with van der Waals surface area (Å²) in [6.45, 7) is 20.4. The van der Waals surface area contributed by atoms with Crippen LogP contribution in [0.4, 0.5) is 4.39 Å². The van der Waals surface area contributed by atoms with Crippen LogP contribution in [-0.2, 0) is 22.4 Å². The normalized spacial score (nSPS) is 12.2. The first-order valence-electron chi connectivity index (χ1n) is 17.7. The van der Waals surface area contributed by atoms with E-state index in [1.54, 1.807) is 19.5 Å². The topological polar surface area (TPSA) is 73.0 Å². The first-order valence-corrected chi connectivity index (χ1v) is 21.3. The molecule has 0 saturated carbocycles. The van der Waals surface area contributed by atoms with Gasteiger partial charge in [0, 0.05) is 24.8 Å². The summed E-state index contributed by atoms with van der Waals surface area (Å²) in [6.07, 6.45) is 1.69. The Labute approximate surface area is 318 Å². The number of ether oxygens (including phenoxy) is 2. The van der Waals surface area contributed by atoms with Crippen molar-refractivity contribution < 1.29 is 13.9 Å². The third-order valence-corrected chi connectivity index (χ3v) is 17.7. The summed E-state index contributed by atoms with van der Waals surface area (Å²) in [5.74, 6) is 4.26. The average Bonchev–Trinajstić information content (AvgIpc) is 3.50. The van der Waals surface area contributed by atoms with Crippen LogP contribution in [0, 0.1) is 28.6 Å². The lowest BCUT2D eigenvalue weighted by atomic mass is 9.87. The van der Waals surface area contributed by atoms with Gasteiger partial charge in [-0.2, -0.15) is 5.26 Å². The fourth-order valence-electron chi connectivity index (χ4n) is 7.41. The molecule has 0 unspecified atom stereocenters. The first kappa shape index (κ1) is 39.3. The SMILES string of the molecule is COCOc1cc(Cn2cnc3c(SCc4ccc(C(C)(C)C)cc4)nc(Cl)c(C#N)c32)c2c(C#C[Si](C(C)C)(C(C)C)C(C)C)c(F)ccc2c1. The zero-order valence-electron chi connectivity index (χ0n) is 31.8. The fraction of sp³-hybridized carbons (Fsp3) is 0.405. The zero-order chi connectivity index (χ0) is 38.0. The second-order valence-corrected chi connectivity index (χ2v) is 22.2. The predicted molar refractivity (Wildman–Crippen MR) is 215 cm³/mol. The lowest BCUT2D eigenvalue weighted by molar-refractivity contribution is 0.0512. The summed E-state index contributed by atoms with van der Waals surface area (Å²) >= 11 is 8.22. The number of rotatable bonds is 11. The maximum Gasteiger partial charge on any atom is 0.188 e. The number of methoxy groups -OCH3 is 1. The van der Waals surface area contributed by atoms with E-state index in [9.17, 15) is 5.26 Å². The standard InChI is InChI=1S/C42H48ClFN4O2SSi/c1-26(2)52(27(3)4,28(5)6)18-17-34-36(44)16-13-30-19-33(50-25-49-10)20-31(37(30)34)22-48-24-46-38-39(48)35(21-45)40(43)47-41(38)51-23-29-11-14-32(15-12-29)42(7,8)9/h11-16,19-20,24,26-28H,22-23,25H2,1-10H3. The number of hydrogen-bond donors (Lipinski definition) is 0. The largest absolute Gasteiger partial charge is 0.468 e. The van der Waals surface area contributed by atoms with E-state index in [0.717, 1.165) is 16.5 Å². The summed E-state index contributed by atoms with van der Waals surface area (Å²) in [5.41, 5.74) is 9.88. The van der Waals surface area contributed by atoms with Crippen LogP contribution < -0.4 is 4.74 Å². The summed E-state index contributed by atoms with van der Waals surface area (Å²) in [4.78, 5) is 9.37. The average molecular weight is 755 g/mol. The van der Waals surface area contributed by atoms with Crippen molar-refractivity contribution in [1.29, 1.82) is 5.26 Å². The van der Waals surface area contributed by atoms with E-state index in [4.69, 9.17) is 26.1 Å². The summed E-state index contributed by atoms with van der Waals surface area (Å²) in [6, 6.07) is 17.8. The Morgan fingerprint density at radius 3 is 2.25 bits per heavy atom. The van der Waals surface area contributed by atoms with Crippen molar-refractivity contribution >= 4 is 53.2 Å². The van der Waals surface area contributed by atoms with Crippen LogP contribution >= 0.6 is 23.4 Å². The Morgan fingerprint density at radius 2 is 1.65 bits per heavy atom. The van der Waals surface area contributed by atoms with Crippen molar-refractivity contribution in [2.24, 2.45) is 0 Å². The molecule has 0 aliphatic carbocycles. The van der Waals surface area contributed by atoms with Crippen LogP contribution in [0.25, 0.3) is 21.8 Å². The molecule has 0 bridgehead atoms. The number of nitrogens with zero attached hydrogens (tertiary/aromatic N) is 4. The fourth-order valence-corrected chi connectivity index (χ4v) is 13.8. The van der Waals surface area contributed by atoms with Gasteiger partial charge in [-0.15, -0.1) is 5.54 Å². The van der Waals surface area contributed by atoms with Gasteiger partial charge in [0.1, 0.15) is 47.0 Å². The zero-order valence-corrected chi connectivity index (χ0v) is 34.4. The Morgan fingerprint density at radius 1 is 0.981 bits per heavy atom. The molecule has 2 heterocycles. The van der Waals surface area contributed by atoms with E-state index in [1.165, 1.54) is 23.4 Å². The lowest BCUT2D eigenvalue weighted by Crippen LogP contribution is -2.43. The van der Waals surface area contributed by atoms with Crippen LogP contribution in [0.1, 0.15) is 90.1 Å². The van der Waals surface area contributed by atoms with Gasteiger partial charge in [-0.05, 0) is 62.3 Å². The maximum absolute atomic E-state index is 16.0. The summed E-state index contributed by atoms with van der Waals surface area (Å²) in [7, 11) is -0.615. The number of nitriles is 1. The minimum atomic E-state index is -2.18. The molecule has 0 aliphatic heterocycles. The quantitative estimate of drug-likeness (QED) is 0.0439. The molecule has 0 radical (unpaired) electrons. The molecule has 0 saturated heterocycles. The lowest BCUT2D eigenvalue weighted by Gasteiger charge is -2.38. The van der Waals surface area contributed by atoms with E-state index in [2.05, 4.69) is 109 Å². The molecule has 0 amide bonds. The number of benzene rings is 3. The number of fused-ring (bicyclic) bond motifs is 2. The molecular formula is C42H48ClFN4O2SSi. The number of halogens is 2. The molecule has 2 aromatic heterocycles. The number of hydrogen-bond acceptors (Lipinski definition) is 6. The highest BCUT2D eigenvalue weighted by atomic mass is 35.5. The molecule has 3 aromatic carbocycles. The third-order valence-electron chi connectivity index (χ3n) is 10.1. The number of aromatic nitrogens is 3. The smallest absolute Gasteiger partial charge is 0.188 e. The Bertz CT molecular complexity index is 2170. The molecule has 5 aromatic rings. The van der Waals surface area contributed by atoms with E-state index < -0.39 is 8.07 Å². The van der Waals surface area contributed by atoms with Crippen LogP contribution in [-0.4, -0.2) is 36.5 Å². The minimum absolute atomic E-state index is 0.0530. The maximum atomic E-state index is 16.0. The molecule has 0 fully saturated rings. The van der Waals surface area contributed by atoms with Gasteiger partial charge in [-0.3, -0.25) is 0 Å².